The van der Waals surface area contributed by atoms with E-state index in [4.69, 9.17) is 21.1 Å². The number of aliphatic hydroxyl groups excluding tert-OH is 1. The van der Waals surface area contributed by atoms with Gasteiger partial charge < -0.3 is 24.8 Å². The first-order chi connectivity index (χ1) is 15.8. The second-order valence-electron chi connectivity index (χ2n) is 8.50. The lowest BCUT2D eigenvalue weighted by atomic mass is 9.98. The number of pyridine rings is 1. The van der Waals surface area contributed by atoms with Crippen LogP contribution in [0.2, 0.25) is 5.02 Å². The number of carbonyl (C=O) groups is 1. The minimum Gasteiger partial charge on any atom is -0.493 e. The summed E-state index contributed by atoms with van der Waals surface area (Å²) in [6, 6.07) is 9.11. The number of aliphatic hydroxyl groups is 1. The van der Waals surface area contributed by atoms with E-state index in [1.165, 1.54) is 7.11 Å². The normalized spacial score (nSPS) is 20.8. The summed E-state index contributed by atoms with van der Waals surface area (Å²) in [6.07, 6.45) is 2.11. The lowest BCUT2D eigenvalue weighted by Gasteiger charge is -2.44. The van der Waals surface area contributed by atoms with E-state index >= 15 is 0 Å². The molecule has 3 heterocycles. The van der Waals surface area contributed by atoms with Crippen LogP contribution in [0.3, 0.4) is 0 Å². The van der Waals surface area contributed by atoms with Crippen molar-refractivity contribution in [3.63, 3.8) is 0 Å². The van der Waals surface area contributed by atoms with Gasteiger partial charge in [-0.2, -0.15) is 4.98 Å². The zero-order chi connectivity index (χ0) is 23.6. The van der Waals surface area contributed by atoms with Crippen LogP contribution in [0.4, 0.5) is 5.95 Å². The molecule has 1 saturated heterocycles. The third-order valence-electron chi connectivity index (χ3n) is 5.82. The fourth-order valence-corrected chi connectivity index (χ4v) is 4.14. The number of morpholine rings is 1. The highest BCUT2D eigenvalue weighted by molar-refractivity contribution is 6.30. The third kappa shape index (κ3) is 5.05. The molecule has 1 fully saturated rings. The monoisotopic (exact) mass is 473 g/mol. The number of methoxy groups -OCH3 is 1. The highest BCUT2D eigenvalue weighted by Gasteiger charge is 2.38. The van der Waals surface area contributed by atoms with Crippen LogP contribution in [0.5, 0.6) is 5.75 Å². The Morgan fingerprint density at radius 3 is 2.97 bits per heavy atom. The number of ether oxygens (including phenoxy) is 2. The molecule has 10 heteroatoms. The highest BCUT2D eigenvalue weighted by Crippen LogP contribution is 2.28. The van der Waals surface area contributed by atoms with E-state index in [1.807, 2.05) is 38.1 Å². The predicted molar refractivity (Wildman–Crippen MR) is 125 cm³/mol. The molecule has 1 aliphatic heterocycles. The molecule has 176 valence electrons. The van der Waals surface area contributed by atoms with E-state index < -0.39 is 5.60 Å². The van der Waals surface area contributed by atoms with Gasteiger partial charge in [0, 0.05) is 30.8 Å². The van der Waals surface area contributed by atoms with Gasteiger partial charge in [0.1, 0.15) is 0 Å². The molecule has 3 aromatic rings. The number of carbonyl (C=O) groups excluding carboxylic acids is 1. The van der Waals surface area contributed by atoms with Crippen molar-refractivity contribution in [3.8, 4) is 5.75 Å². The van der Waals surface area contributed by atoms with E-state index in [9.17, 15) is 9.90 Å². The van der Waals surface area contributed by atoms with Gasteiger partial charge in [-0.1, -0.05) is 23.7 Å². The molecule has 1 aliphatic rings. The van der Waals surface area contributed by atoms with Crippen molar-refractivity contribution in [1.82, 2.24) is 19.5 Å². The average Bonchev–Trinajstić information content (AvgIpc) is 3.21. The number of amides is 1. The Hall–Kier alpha value is -2.88. The van der Waals surface area contributed by atoms with Crippen molar-refractivity contribution >= 4 is 29.1 Å². The SMILES string of the molecule is COc1cc(C(=O)N2CC(C)(CCO)OCC2C)cn2nc(NCc3cccc(Cl)c3)nc12. The van der Waals surface area contributed by atoms with E-state index in [2.05, 4.69) is 15.4 Å². The van der Waals surface area contributed by atoms with Crippen molar-refractivity contribution in [2.45, 2.75) is 38.5 Å². The third-order valence-corrected chi connectivity index (χ3v) is 6.05. The number of fused-ring (bicyclic) bond motifs is 1. The maximum absolute atomic E-state index is 13.4. The summed E-state index contributed by atoms with van der Waals surface area (Å²) in [7, 11) is 1.53. The molecule has 1 amide bonds. The van der Waals surface area contributed by atoms with Crippen LogP contribution in [-0.2, 0) is 11.3 Å². The molecular formula is C23H28ClN5O4. The summed E-state index contributed by atoms with van der Waals surface area (Å²) < 4.78 is 13.0. The molecule has 0 bridgehead atoms. The highest BCUT2D eigenvalue weighted by atomic mass is 35.5. The summed E-state index contributed by atoms with van der Waals surface area (Å²) >= 11 is 6.05. The molecule has 0 radical (unpaired) electrons. The number of aromatic nitrogens is 3. The van der Waals surface area contributed by atoms with E-state index in [1.54, 1.807) is 21.7 Å². The van der Waals surface area contributed by atoms with Crippen LogP contribution in [-0.4, -0.2) is 69.0 Å². The number of hydrogen-bond donors (Lipinski definition) is 2. The summed E-state index contributed by atoms with van der Waals surface area (Å²) in [6.45, 7) is 5.14. The van der Waals surface area contributed by atoms with Crippen molar-refractivity contribution < 1.29 is 19.4 Å². The largest absolute Gasteiger partial charge is 0.493 e. The standard InChI is InChI=1S/C23H28ClN5O4/c1-15-13-33-23(2,7-8-30)14-28(15)21(31)17-10-19(32-3)20-26-22(27-29(20)12-17)25-11-16-5-4-6-18(24)9-16/h4-6,9-10,12,15,30H,7-8,11,13-14H2,1-3H3,(H,25,27). The summed E-state index contributed by atoms with van der Waals surface area (Å²) in [5.74, 6) is 0.704. The predicted octanol–water partition coefficient (Wildman–Crippen LogP) is 3.01. The fourth-order valence-electron chi connectivity index (χ4n) is 3.93. The topological polar surface area (TPSA) is 101 Å². The zero-order valence-electron chi connectivity index (χ0n) is 18.9. The Kier molecular flexibility index (Phi) is 6.73. The van der Waals surface area contributed by atoms with Gasteiger partial charge in [0.25, 0.3) is 5.91 Å². The maximum Gasteiger partial charge on any atom is 0.255 e. The molecule has 1 aromatic carbocycles. The smallest absolute Gasteiger partial charge is 0.255 e. The number of halogens is 1. The first-order valence-corrected chi connectivity index (χ1v) is 11.2. The molecule has 2 atom stereocenters. The molecule has 2 aromatic heterocycles. The summed E-state index contributed by atoms with van der Waals surface area (Å²) in [4.78, 5) is 19.7. The van der Waals surface area contributed by atoms with Crippen molar-refractivity contribution in [1.29, 1.82) is 0 Å². The van der Waals surface area contributed by atoms with Crippen LogP contribution < -0.4 is 10.1 Å². The van der Waals surface area contributed by atoms with Crippen LogP contribution in [0.25, 0.3) is 5.65 Å². The number of rotatable bonds is 7. The molecule has 0 aliphatic carbocycles. The van der Waals surface area contributed by atoms with Crippen LogP contribution >= 0.6 is 11.6 Å². The molecule has 2 unspecified atom stereocenters. The Morgan fingerprint density at radius 1 is 1.42 bits per heavy atom. The van der Waals surface area contributed by atoms with Gasteiger partial charge in [-0.15, -0.1) is 5.10 Å². The number of hydrogen-bond acceptors (Lipinski definition) is 7. The lowest BCUT2D eigenvalue weighted by molar-refractivity contribution is -0.117. The van der Waals surface area contributed by atoms with Crippen LogP contribution in [0.15, 0.2) is 36.5 Å². The van der Waals surface area contributed by atoms with Gasteiger partial charge >= 0.3 is 0 Å². The number of benzene rings is 1. The van der Waals surface area contributed by atoms with Gasteiger partial charge in [0.05, 0.1) is 37.5 Å². The summed E-state index contributed by atoms with van der Waals surface area (Å²) in [5.41, 5.74) is 1.35. The number of anilines is 1. The molecule has 9 nitrogen and oxygen atoms in total. The molecule has 33 heavy (non-hydrogen) atoms. The van der Waals surface area contributed by atoms with E-state index in [0.29, 0.717) is 54.0 Å². The van der Waals surface area contributed by atoms with Crippen molar-refractivity contribution in [2.24, 2.45) is 0 Å². The minimum atomic E-state index is -0.588. The van der Waals surface area contributed by atoms with Crippen LogP contribution in [0.1, 0.15) is 36.2 Å². The van der Waals surface area contributed by atoms with E-state index in [-0.39, 0.29) is 18.6 Å². The van der Waals surface area contributed by atoms with E-state index in [0.717, 1.165) is 5.56 Å². The molecule has 2 N–H and O–H groups in total. The Labute approximate surface area is 197 Å². The summed E-state index contributed by atoms with van der Waals surface area (Å²) in [5, 5.41) is 17.7. The Morgan fingerprint density at radius 2 is 2.24 bits per heavy atom. The molecular weight excluding hydrogens is 446 g/mol. The van der Waals surface area contributed by atoms with Gasteiger partial charge in [-0.05, 0) is 37.6 Å². The van der Waals surface area contributed by atoms with Gasteiger partial charge in [-0.3, -0.25) is 4.79 Å². The number of nitrogens with zero attached hydrogens (tertiary/aromatic N) is 4. The minimum absolute atomic E-state index is 0.00336. The fraction of sp³-hybridized carbons (Fsp3) is 0.435. The molecule has 0 saturated carbocycles. The van der Waals surface area contributed by atoms with Gasteiger partial charge in [-0.25, -0.2) is 4.52 Å². The van der Waals surface area contributed by atoms with Gasteiger partial charge in [0.15, 0.2) is 11.4 Å². The zero-order valence-corrected chi connectivity index (χ0v) is 19.7. The van der Waals surface area contributed by atoms with Crippen molar-refractivity contribution in [2.75, 3.05) is 32.2 Å². The second kappa shape index (κ2) is 9.54. The number of nitrogens with one attached hydrogen (secondary N) is 1. The Bertz CT molecular complexity index is 1150. The lowest BCUT2D eigenvalue weighted by Crippen LogP contribution is -2.56. The van der Waals surface area contributed by atoms with Gasteiger partial charge in [0.2, 0.25) is 5.95 Å². The maximum atomic E-state index is 13.4. The molecule has 4 rings (SSSR count). The average molecular weight is 474 g/mol. The first-order valence-electron chi connectivity index (χ1n) is 10.8. The van der Waals surface area contributed by atoms with Crippen molar-refractivity contribution in [3.05, 3.63) is 52.7 Å². The Balaban J connectivity index is 1.58. The second-order valence-corrected chi connectivity index (χ2v) is 8.94. The quantitative estimate of drug-likeness (QED) is 0.544. The van der Waals surface area contributed by atoms with Crippen LogP contribution in [0, 0.1) is 0 Å². The molecule has 0 spiro atoms. The first kappa shape index (κ1) is 23.3.